The summed E-state index contributed by atoms with van der Waals surface area (Å²) in [6.45, 7) is 9.85. The number of rotatable bonds is 13. The minimum atomic E-state index is -2.50. The van der Waals surface area contributed by atoms with Crippen molar-refractivity contribution in [2.75, 3.05) is 20.8 Å². The van der Waals surface area contributed by atoms with Gasteiger partial charge in [0.05, 0.1) is 0 Å². The maximum Gasteiger partial charge on any atom is 0.338 e. The van der Waals surface area contributed by atoms with Gasteiger partial charge in [-0.1, -0.05) is 0 Å². The summed E-state index contributed by atoms with van der Waals surface area (Å²) in [6, 6.07) is 0.758. The van der Waals surface area contributed by atoms with Gasteiger partial charge in [-0.3, -0.25) is 0 Å². The maximum atomic E-state index is 6.04. The molecule has 0 aromatic carbocycles. The summed E-state index contributed by atoms with van der Waals surface area (Å²) in [5, 5.41) is 0. The van der Waals surface area contributed by atoms with Crippen LogP contribution in [-0.4, -0.2) is 54.5 Å². The Morgan fingerprint density at radius 3 is 1.55 bits per heavy atom. The van der Waals surface area contributed by atoms with Crippen LogP contribution in [0.15, 0.2) is 0 Å². The van der Waals surface area contributed by atoms with Crippen molar-refractivity contribution in [3.8, 4) is 0 Å². The zero-order valence-corrected chi connectivity index (χ0v) is 16.0. The van der Waals surface area contributed by atoms with Crippen molar-refractivity contribution in [3.63, 3.8) is 0 Å². The van der Waals surface area contributed by atoms with Crippen molar-refractivity contribution >= 4 is 8.56 Å². The summed E-state index contributed by atoms with van der Waals surface area (Å²) in [4.78, 5) is 0. The van der Waals surface area contributed by atoms with Crippen LogP contribution in [0.5, 0.6) is 0 Å². The molecule has 0 aromatic heterocycles. The van der Waals surface area contributed by atoms with Gasteiger partial charge in [-0.15, -0.1) is 0 Å². The Morgan fingerprint density at radius 2 is 1.23 bits per heavy atom. The topological polar surface area (TPSA) is 81.4 Å². The third-order valence-electron chi connectivity index (χ3n) is 3.10. The van der Waals surface area contributed by atoms with Gasteiger partial charge in [0.1, 0.15) is 12.6 Å². The van der Waals surface area contributed by atoms with Gasteiger partial charge >= 0.3 is 8.56 Å². The van der Waals surface area contributed by atoms with Gasteiger partial charge in [-0.2, -0.15) is 0 Å². The molecule has 134 valence electrons. The first-order chi connectivity index (χ1) is 10.3. The van der Waals surface area contributed by atoms with E-state index < -0.39 is 21.1 Å². The van der Waals surface area contributed by atoms with Crippen LogP contribution in [0.1, 0.15) is 34.1 Å². The normalized spacial score (nSPS) is 20.2. The summed E-state index contributed by atoms with van der Waals surface area (Å²) >= 11 is 0. The molecule has 4 unspecified atom stereocenters. The van der Waals surface area contributed by atoms with E-state index in [1.54, 1.807) is 14.2 Å². The highest BCUT2D eigenvalue weighted by Crippen LogP contribution is 2.21. The average molecular weight is 340 g/mol. The molecule has 0 saturated carbocycles. The Balaban J connectivity index is 4.61. The SMILES string of the molecule is COC(C)OC(C)O[Si](C)(CCCN)OC(C)OC(C)OC. The summed E-state index contributed by atoms with van der Waals surface area (Å²) in [7, 11) is 0.672. The zero-order valence-electron chi connectivity index (χ0n) is 15.0. The molecule has 0 bridgehead atoms. The van der Waals surface area contributed by atoms with E-state index in [1.807, 2.05) is 34.2 Å². The van der Waals surface area contributed by atoms with Crippen LogP contribution in [0.3, 0.4) is 0 Å². The molecule has 0 radical (unpaired) electrons. The minimum absolute atomic E-state index is 0.343. The molecule has 0 heterocycles. The molecule has 0 spiro atoms. The Kier molecular flexibility index (Phi) is 11.4. The second-order valence-corrected chi connectivity index (χ2v) is 8.51. The smallest absolute Gasteiger partial charge is 0.338 e. The molecule has 8 heteroatoms. The van der Waals surface area contributed by atoms with E-state index in [0.29, 0.717) is 6.54 Å². The first kappa shape index (κ1) is 21.9. The summed E-state index contributed by atoms with van der Waals surface area (Å²) in [6.07, 6.45) is -0.732. The first-order valence-electron chi connectivity index (χ1n) is 7.68. The molecule has 0 rings (SSSR count). The van der Waals surface area contributed by atoms with Gasteiger partial charge in [-0.05, 0) is 53.3 Å². The molecule has 0 fully saturated rings. The van der Waals surface area contributed by atoms with E-state index in [1.165, 1.54) is 0 Å². The van der Waals surface area contributed by atoms with Gasteiger partial charge < -0.3 is 33.5 Å². The highest BCUT2D eigenvalue weighted by Gasteiger charge is 2.36. The zero-order chi connectivity index (χ0) is 17.2. The Labute approximate surface area is 135 Å². The summed E-state index contributed by atoms with van der Waals surface area (Å²) in [5.41, 5.74) is 5.61. The lowest BCUT2D eigenvalue weighted by Gasteiger charge is -2.33. The molecule has 4 atom stereocenters. The lowest BCUT2D eigenvalue weighted by atomic mass is 10.5. The highest BCUT2D eigenvalue weighted by atomic mass is 28.4. The van der Waals surface area contributed by atoms with Crippen molar-refractivity contribution in [2.45, 2.75) is 71.9 Å². The molecule has 22 heavy (non-hydrogen) atoms. The fourth-order valence-corrected chi connectivity index (χ4v) is 4.63. The monoisotopic (exact) mass is 339 g/mol. The predicted molar refractivity (Wildman–Crippen MR) is 86.3 cm³/mol. The predicted octanol–water partition coefficient (Wildman–Crippen LogP) is 2.15. The first-order valence-corrected chi connectivity index (χ1v) is 10.2. The third-order valence-corrected chi connectivity index (χ3v) is 6.02. The molecule has 0 aliphatic rings. The lowest BCUT2D eigenvalue weighted by Crippen LogP contribution is -2.46. The van der Waals surface area contributed by atoms with Crippen molar-refractivity contribution in [1.29, 1.82) is 0 Å². The van der Waals surface area contributed by atoms with Gasteiger partial charge in [0.15, 0.2) is 12.6 Å². The lowest BCUT2D eigenvalue weighted by molar-refractivity contribution is -0.220. The third kappa shape index (κ3) is 9.85. The largest absolute Gasteiger partial charge is 0.368 e. The van der Waals surface area contributed by atoms with E-state index in [-0.39, 0.29) is 12.6 Å². The van der Waals surface area contributed by atoms with E-state index in [0.717, 1.165) is 12.5 Å². The minimum Gasteiger partial charge on any atom is -0.368 e. The van der Waals surface area contributed by atoms with Crippen LogP contribution in [0.2, 0.25) is 12.6 Å². The fourth-order valence-electron chi connectivity index (χ4n) is 1.98. The van der Waals surface area contributed by atoms with Gasteiger partial charge in [0, 0.05) is 14.2 Å². The van der Waals surface area contributed by atoms with Crippen LogP contribution in [0, 0.1) is 0 Å². The number of hydrogen-bond donors (Lipinski definition) is 1. The van der Waals surface area contributed by atoms with Gasteiger partial charge in [-0.25, -0.2) is 0 Å². The fraction of sp³-hybridized carbons (Fsp3) is 1.00. The number of methoxy groups -OCH3 is 2. The number of hydrogen-bond acceptors (Lipinski definition) is 7. The quantitative estimate of drug-likeness (QED) is 0.407. The Morgan fingerprint density at radius 1 is 0.818 bits per heavy atom. The molecular formula is C14H33NO6Si. The molecule has 0 amide bonds. The molecule has 2 N–H and O–H groups in total. The van der Waals surface area contributed by atoms with Gasteiger partial charge in [0.2, 0.25) is 0 Å². The van der Waals surface area contributed by atoms with E-state index in [2.05, 4.69) is 0 Å². The van der Waals surface area contributed by atoms with Crippen molar-refractivity contribution < 1.29 is 27.8 Å². The second kappa shape index (κ2) is 11.5. The van der Waals surface area contributed by atoms with Crippen LogP contribution < -0.4 is 5.73 Å². The van der Waals surface area contributed by atoms with Crippen molar-refractivity contribution in [3.05, 3.63) is 0 Å². The molecule has 0 saturated heterocycles. The van der Waals surface area contributed by atoms with E-state index in [9.17, 15) is 0 Å². The van der Waals surface area contributed by atoms with E-state index >= 15 is 0 Å². The number of ether oxygens (including phenoxy) is 4. The highest BCUT2D eigenvalue weighted by molar-refractivity contribution is 6.66. The molecule has 0 aromatic rings. The van der Waals surface area contributed by atoms with Crippen molar-refractivity contribution in [1.82, 2.24) is 0 Å². The average Bonchev–Trinajstić information content (AvgIpc) is 2.44. The molecule has 7 nitrogen and oxygen atoms in total. The molecular weight excluding hydrogens is 306 g/mol. The van der Waals surface area contributed by atoms with Crippen LogP contribution >= 0.6 is 0 Å². The summed E-state index contributed by atoms with van der Waals surface area (Å²) in [5.74, 6) is 0. The number of nitrogens with two attached hydrogens (primary N) is 1. The molecule has 0 aliphatic carbocycles. The maximum absolute atomic E-state index is 6.04. The van der Waals surface area contributed by atoms with Crippen LogP contribution in [-0.2, 0) is 27.8 Å². The van der Waals surface area contributed by atoms with Crippen molar-refractivity contribution in [2.24, 2.45) is 5.73 Å². The van der Waals surface area contributed by atoms with Crippen LogP contribution in [0.4, 0.5) is 0 Å². The molecule has 0 aliphatic heterocycles. The summed E-state index contributed by atoms with van der Waals surface area (Å²) < 4.78 is 33.4. The second-order valence-electron chi connectivity index (χ2n) is 5.28. The Hall–Kier alpha value is -0.0631. The Bertz CT molecular complexity index is 264. The van der Waals surface area contributed by atoms with Crippen LogP contribution in [0.25, 0.3) is 0 Å². The standard InChI is InChI=1S/C14H33NO6Si/c1-11(16-5)18-13(3)20-22(7,10-8-9-15)21-14(4)19-12(2)17-6/h11-14H,8-10,15H2,1-7H3. The van der Waals surface area contributed by atoms with E-state index in [4.69, 9.17) is 33.5 Å². The van der Waals surface area contributed by atoms with Gasteiger partial charge in [0.25, 0.3) is 0 Å².